The molecule has 2 aromatic heterocycles. The maximum Gasteiger partial charge on any atom is 0.318 e. The van der Waals surface area contributed by atoms with Crippen molar-refractivity contribution in [3.05, 3.63) is 30.3 Å². The number of carbonyl (C=O) groups excluding carboxylic acids is 2. The van der Waals surface area contributed by atoms with Crippen LogP contribution < -0.4 is 5.32 Å². The molecule has 1 N–H and O–H groups in total. The van der Waals surface area contributed by atoms with Crippen molar-refractivity contribution >= 4 is 11.9 Å². The zero-order chi connectivity index (χ0) is 18.5. The Bertz CT molecular complexity index is 763. The number of rotatable bonds is 3. The average Bonchev–Trinajstić information content (AvgIpc) is 3.00. The molecule has 2 aromatic rings. The van der Waals surface area contributed by atoms with Crippen LogP contribution in [0.15, 0.2) is 28.9 Å². The van der Waals surface area contributed by atoms with Crippen LogP contribution in [0.1, 0.15) is 32.2 Å². The molecule has 1 fully saturated rings. The zero-order valence-electron chi connectivity index (χ0n) is 14.9. The van der Waals surface area contributed by atoms with E-state index in [4.69, 9.17) is 4.52 Å². The van der Waals surface area contributed by atoms with E-state index in [0.29, 0.717) is 43.6 Å². The van der Waals surface area contributed by atoms with Crippen LogP contribution in [0.4, 0.5) is 4.79 Å². The van der Waals surface area contributed by atoms with Crippen LogP contribution in [-0.2, 0) is 4.79 Å². The molecule has 3 rings (SSSR count). The number of amides is 3. The number of pyridine rings is 1. The summed E-state index contributed by atoms with van der Waals surface area (Å²) in [7, 11) is 0. The standard InChI is InChI=1S/C17H22N6O3/c1-12(16-20-15(21-26-16)14-6-3-4-7-18-14)19-17(25)23-9-5-8-22(10-11-23)13(2)24/h3-4,6-7,12H,5,8-11H2,1-2H3,(H,19,25). The van der Waals surface area contributed by atoms with Gasteiger partial charge in [0.2, 0.25) is 17.6 Å². The van der Waals surface area contributed by atoms with Gasteiger partial charge < -0.3 is 19.6 Å². The smallest absolute Gasteiger partial charge is 0.318 e. The van der Waals surface area contributed by atoms with Gasteiger partial charge in [0.1, 0.15) is 11.7 Å². The van der Waals surface area contributed by atoms with E-state index < -0.39 is 6.04 Å². The quantitative estimate of drug-likeness (QED) is 0.891. The summed E-state index contributed by atoms with van der Waals surface area (Å²) in [5.74, 6) is 0.737. The molecule has 0 radical (unpaired) electrons. The van der Waals surface area contributed by atoms with Gasteiger partial charge in [0, 0.05) is 39.3 Å². The van der Waals surface area contributed by atoms with Gasteiger partial charge >= 0.3 is 6.03 Å². The molecule has 3 heterocycles. The predicted octanol–water partition coefficient (Wildman–Crippen LogP) is 1.46. The van der Waals surface area contributed by atoms with E-state index in [0.717, 1.165) is 6.42 Å². The number of urea groups is 1. The first kappa shape index (κ1) is 17.8. The van der Waals surface area contributed by atoms with Crippen molar-refractivity contribution in [1.82, 2.24) is 30.2 Å². The lowest BCUT2D eigenvalue weighted by molar-refractivity contribution is -0.128. The monoisotopic (exact) mass is 358 g/mol. The summed E-state index contributed by atoms with van der Waals surface area (Å²) in [5.41, 5.74) is 0.609. The highest BCUT2D eigenvalue weighted by molar-refractivity contribution is 5.75. The first-order valence-corrected chi connectivity index (χ1v) is 8.60. The largest absolute Gasteiger partial charge is 0.341 e. The number of aromatic nitrogens is 3. The van der Waals surface area contributed by atoms with Crippen molar-refractivity contribution in [2.45, 2.75) is 26.3 Å². The Labute approximate surface area is 151 Å². The van der Waals surface area contributed by atoms with Gasteiger partial charge in [-0.1, -0.05) is 11.2 Å². The third-order valence-electron chi connectivity index (χ3n) is 4.27. The van der Waals surface area contributed by atoms with Crippen LogP contribution in [0.2, 0.25) is 0 Å². The van der Waals surface area contributed by atoms with Crippen LogP contribution in [0, 0.1) is 0 Å². The van der Waals surface area contributed by atoms with Crippen molar-refractivity contribution in [3.8, 4) is 11.5 Å². The Morgan fingerprint density at radius 3 is 2.69 bits per heavy atom. The highest BCUT2D eigenvalue weighted by Gasteiger charge is 2.23. The van der Waals surface area contributed by atoms with Gasteiger partial charge in [0.25, 0.3) is 0 Å². The van der Waals surface area contributed by atoms with E-state index in [2.05, 4.69) is 20.4 Å². The second-order valence-electron chi connectivity index (χ2n) is 6.19. The summed E-state index contributed by atoms with van der Waals surface area (Å²) in [6.45, 7) is 5.65. The van der Waals surface area contributed by atoms with Crippen LogP contribution in [0.25, 0.3) is 11.5 Å². The highest BCUT2D eigenvalue weighted by atomic mass is 16.5. The maximum atomic E-state index is 12.5. The molecule has 0 spiro atoms. The topological polar surface area (TPSA) is 104 Å². The molecule has 26 heavy (non-hydrogen) atoms. The molecule has 0 bridgehead atoms. The highest BCUT2D eigenvalue weighted by Crippen LogP contribution is 2.16. The van der Waals surface area contributed by atoms with Crippen LogP contribution in [0.5, 0.6) is 0 Å². The second kappa shape index (κ2) is 7.94. The fraction of sp³-hybridized carbons (Fsp3) is 0.471. The minimum absolute atomic E-state index is 0.0357. The first-order valence-electron chi connectivity index (χ1n) is 8.60. The Morgan fingerprint density at radius 1 is 1.19 bits per heavy atom. The van der Waals surface area contributed by atoms with Crippen molar-refractivity contribution in [3.63, 3.8) is 0 Å². The van der Waals surface area contributed by atoms with Gasteiger partial charge in [-0.15, -0.1) is 0 Å². The van der Waals surface area contributed by atoms with Gasteiger partial charge in [0.15, 0.2) is 0 Å². The number of nitrogens with zero attached hydrogens (tertiary/aromatic N) is 5. The van der Waals surface area contributed by atoms with Gasteiger partial charge in [0.05, 0.1) is 0 Å². The average molecular weight is 358 g/mol. The van der Waals surface area contributed by atoms with Gasteiger partial charge in [-0.2, -0.15) is 4.98 Å². The minimum atomic E-state index is -0.431. The van der Waals surface area contributed by atoms with E-state index >= 15 is 0 Å². The summed E-state index contributed by atoms with van der Waals surface area (Å²) in [6, 6.07) is 4.80. The summed E-state index contributed by atoms with van der Waals surface area (Å²) in [4.78, 5) is 35.9. The molecular weight excluding hydrogens is 336 g/mol. The number of nitrogens with one attached hydrogen (secondary N) is 1. The maximum absolute atomic E-state index is 12.5. The molecule has 9 heteroatoms. The Kier molecular flexibility index (Phi) is 5.45. The van der Waals surface area contributed by atoms with E-state index in [1.54, 1.807) is 35.9 Å². The van der Waals surface area contributed by atoms with E-state index in [1.165, 1.54) is 0 Å². The molecule has 138 valence electrons. The molecule has 1 atom stereocenters. The minimum Gasteiger partial charge on any atom is -0.341 e. The summed E-state index contributed by atoms with van der Waals surface area (Å²) in [5, 5.41) is 6.78. The molecule has 1 unspecified atom stereocenters. The lowest BCUT2D eigenvalue weighted by Gasteiger charge is -2.23. The molecule has 1 aliphatic rings. The number of hydrogen-bond acceptors (Lipinski definition) is 6. The number of carbonyl (C=O) groups is 2. The first-order chi connectivity index (χ1) is 12.5. The number of hydrogen-bond donors (Lipinski definition) is 1. The van der Waals surface area contributed by atoms with Crippen LogP contribution in [-0.4, -0.2) is 63.0 Å². The molecule has 1 saturated heterocycles. The molecular formula is C17H22N6O3. The van der Waals surface area contributed by atoms with E-state index in [9.17, 15) is 9.59 Å². The van der Waals surface area contributed by atoms with Crippen molar-refractivity contribution in [2.75, 3.05) is 26.2 Å². The predicted molar refractivity (Wildman–Crippen MR) is 92.9 cm³/mol. The summed E-state index contributed by atoms with van der Waals surface area (Å²) in [6.07, 6.45) is 2.41. The second-order valence-corrected chi connectivity index (χ2v) is 6.19. The molecule has 3 amide bonds. The Hall–Kier alpha value is -2.97. The third-order valence-corrected chi connectivity index (χ3v) is 4.27. The molecule has 0 saturated carbocycles. The van der Waals surface area contributed by atoms with Crippen LogP contribution in [0.3, 0.4) is 0 Å². The third kappa shape index (κ3) is 4.16. The van der Waals surface area contributed by atoms with Crippen molar-refractivity contribution in [2.24, 2.45) is 0 Å². The van der Waals surface area contributed by atoms with Crippen molar-refractivity contribution < 1.29 is 14.1 Å². The SMILES string of the molecule is CC(=O)N1CCCN(C(=O)NC(C)c2nc(-c3ccccn3)no2)CC1. The lowest BCUT2D eigenvalue weighted by atomic mass is 10.3. The molecule has 9 nitrogen and oxygen atoms in total. The van der Waals surface area contributed by atoms with Gasteiger partial charge in [-0.25, -0.2) is 4.79 Å². The normalized spacial score (nSPS) is 16.1. The summed E-state index contributed by atoms with van der Waals surface area (Å²) < 4.78 is 5.26. The van der Waals surface area contributed by atoms with Gasteiger partial charge in [-0.3, -0.25) is 9.78 Å². The van der Waals surface area contributed by atoms with E-state index in [1.807, 2.05) is 12.1 Å². The Balaban J connectivity index is 1.59. The summed E-state index contributed by atoms with van der Waals surface area (Å²) >= 11 is 0. The van der Waals surface area contributed by atoms with Crippen LogP contribution >= 0.6 is 0 Å². The zero-order valence-corrected chi connectivity index (χ0v) is 14.9. The molecule has 1 aliphatic heterocycles. The van der Waals surface area contributed by atoms with Crippen molar-refractivity contribution in [1.29, 1.82) is 0 Å². The lowest BCUT2D eigenvalue weighted by Crippen LogP contribution is -2.43. The molecule has 0 aromatic carbocycles. The molecule has 0 aliphatic carbocycles. The fourth-order valence-corrected chi connectivity index (χ4v) is 2.78. The Morgan fingerprint density at radius 2 is 1.96 bits per heavy atom. The van der Waals surface area contributed by atoms with Gasteiger partial charge in [-0.05, 0) is 25.5 Å². The fourth-order valence-electron chi connectivity index (χ4n) is 2.78. The van der Waals surface area contributed by atoms with E-state index in [-0.39, 0.29) is 11.9 Å².